The van der Waals surface area contributed by atoms with Crippen LogP contribution in [0.25, 0.3) is 0 Å². The number of guanidine groups is 1. The van der Waals surface area contributed by atoms with Crippen LogP contribution in [-0.4, -0.2) is 12.5 Å². The Balaban J connectivity index is 2.47. The molecule has 0 aliphatic rings. The number of hydrogen-bond acceptors (Lipinski definition) is 1. The summed E-state index contributed by atoms with van der Waals surface area (Å²) in [5.41, 5.74) is 6.74. The molecule has 70 valence electrons. The molecule has 0 fully saturated rings. The van der Waals surface area contributed by atoms with Crippen LogP contribution in [0.3, 0.4) is 0 Å². The van der Waals surface area contributed by atoms with Crippen molar-refractivity contribution in [2.24, 2.45) is 10.7 Å². The Labute approximate surface area is 78.7 Å². The van der Waals surface area contributed by atoms with Crippen LogP contribution in [-0.2, 0) is 6.54 Å². The molecule has 0 unspecified atom stereocenters. The molecule has 1 aromatic rings. The fourth-order valence-electron chi connectivity index (χ4n) is 0.997. The second-order valence-corrected chi connectivity index (χ2v) is 2.72. The summed E-state index contributed by atoms with van der Waals surface area (Å²) in [6.07, 6.45) is 0. The molecule has 0 aromatic heterocycles. The molecule has 0 spiro atoms. The molecule has 1 aromatic carbocycles. The van der Waals surface area contributed by atoms with Crippen LogP contribution >= 0.6 is 0 Å². The van der Waals surface area contributed by atoms with Crippen molar-refractivity contribution in [1.29, 1.82) is 0 Å². The van der Waals surface area contributed by atoms with E-state index in [0.717, 1.165) is 6.54 Å². The van der Waals surface area contributed by atoms with Gasteiger partial charge in [-0.15, -0.1) is 0 Å². The van der Waals surface area contributed by atoms with Gasteiger partial charge in [0.05, 0.1) is 6.54 Å². The summed E-state index contributed by atoms with van der Waals surface area (Å²) < 4.78 is 0. The van der Waals surface area contributed by atoms with Gasteiger partial charge in [0.2, 0.25) is 0 Å². The molecule has 0 radical (unpaired) electrons. The molecule has 0 aliphatic carbocycles. The predicted octanol–water partition coefficient (Wildman–Crippen LogP) is 1.11. The van der Waals surface area contributed by atoms with Gasteiger partial charge in [0.1, 0.15) is 0 Å². The van der Waals surface area contributed by atoms with E-state index in [2.05, 4.69) is 10.3 Å². The van der Waals surface area contributed by atoms with E-state index in [-0.39, 0.29) is 0 Å². The van der Waals surface area contributed by atoms with Gasteiger partial charge >= 0.3 is 0 Å². The van der Waals surface area contributed by atoms with Gasteiger partial charge < -0.3 is 11.1 Å². The van der Waals surface area contributed by atoms with Gasteiger partial charge in [-0.1, -0.05) is 30.3 Å². The Morgan fingerprint density at radius 1 is 1.38 bits per heavy atom. The van der Waals surface area contributed by atoms with E-state index in [1.165, 1.54) is 5.56 Å². The lowest BCUT2D eigenvalue weighted by atomic mass is 10.2. The van der Waals surface area contributed by atoms with E-state index in [0.29, 0.717) is 12.5 Å². The maximum Gasteiger partial charge on any atom is 0.188 e. The highest BCUT2D eigenvalue weighted by Crippen LogP contribution is 1.99. The summed E-state index contributed by atoms with van der Waals surface area (Å²) in [6.45, 7) is 3.44. The van der Waals surface area contributed by atoms with Crippen LogP contribution in [0.2, 0.25) is 0 Å². The molecular formula is C10H15N3. The molecule has 1 rings (SSSR count). The van der Waals surface area contributed by atoms with Crippen molar-refractivity contribution < 1.29 is 0 Å². The van der Waals surface area contributed by atoms with Crippen LogP contribution in [0.1, 0.15) is 12.5 Å². The summed E-state index contributed by atoms with van der Waals surface area (Å²) >= 11 is 0. The first-order valence-electron chi connectivity index (χ1n) is 4.40. The summed E-state index contributed by atoms with van der Waals surface area (Å²) in [6, 6.07) is 10.0. The Bertz CT molecular complexity index is 267. The lowest BCUT2D eigenvalue weighted by molar-refractivity contribution is 0.925. The van der Waals surface area contributed by atoms with Gasteiger partial charge in [-0.05, 0) is 12.5 Å². The smallest absolute Gasteiger partial charge is 0.188 e. The molecule has 0 bridgehead atoms. The quantitative estimate of drug-likeness (QED) is 0.537. The third-order valence-corrected chi connectivity index (χ3v) is 1.63. The Morgan fingerprint density at radius 2 is 2.08 bits per heavy atom. The molecule has 0 saturated heterocycles. The molecule has 0 aliphatic heterocycles. The maximum atomic E-state index is 5.57. The van der Waals surface area contributed by atoms with Gasteiger partial charge in [0.25, 0.3) is 0 Å². The van der Waals surface area contributed by atoms with Crippen molar-refractivity contribution in [3.05, 3.63) is 35.9 Å². The number of rotatable bonds is 3. The first-order valence-corrected chi connectivity index (χ1v) is 4.40. The minimum atomic E-state index is 0.506. The van der Waals surface area contributed by atoms with Crippen molar-refractivity contribution in [2.45, 2.75) is 13.5 Å². The molecule has 0 heterocycles. The maximum absolute atomic E-state index is 5.57. The Morgan fingerprint density at radius 3 is 2.69 bits per heavy atom. The normalized spacial score (nSPS) is 11.3. The second kappa shape index (κ2) is 5.19. The first kappa shape index (κ1) is 9.58. The van der Waals surface area contributed by atoms with Crippen LogP contribution in [0.15, 0.2) is 35.3 Å². The minimum absolute atomic E-state index is 0.506. The first-order chi connectivity index (χ1) is 6.33. The van der Waals surface area contributed by atoms with Crippen molar-refractivity contribution in [3.63, 3.8) is 0 Å². The standard InChI is InChI=1S/C10H15N3/c1-2-12-10(11)13-8-9-6-4-3-5-7-9/h3-7H,2,8H2,1H3,(H3,11,12,13). The van der Waals surface area contributed by atoms with Gasteiger partial charge in [-0.2, -0.15) is 0 Å². The van der Waals surface area contributed by atoms with Gasteiger partial charge in [0, 0.05) is 6.54 Å². The number of aliphatic imine (C=N–C) groups is 1. The minimum Gasteiger partial charge on any atom is -0.370 e. The number of nitrogens with two attached hydrogens (primary N) is 1. The van der Waals surface area contributed by atoms with Crippen LogP contribution in [0.4, 0.5) is 0 Å². The van der Waals surface area contributed by atoms with Crippen LogP contribution < -0.4 is 11.1 Å². The Hall–Kier alpha value is -1.51. The largest absolute Gasteiger partial charge is 0.370 e. The van der Waals surface area contributed by atoms with E-state index in [1.54, 1.807) is 0 Å². The molecule has 0 saturated carbocycles. The zero-order valence-electron chi connectivity index (χ0n) is 7.83. The average molecular weight is 177 g/mol. The SMILES string of the molecule is CCNC(N)=NCc1ccccc1. The monoisotopic (exact) mass is 177 g/mol. The van der Waals surface area contributed by atoms with E-state index in [9.17, 15) is 0 Å². The third kappa shape index (κ3) is 3.60. The van der Waals surface area contributed by atoms with Gasteiger partial charge in [-0.25, -0.2) is 4.99 Å². The van der Waals surface area contributed by atoms with Crippen molar-refractivity contribution in [2.75, 3.05) is 6.54 Å². The van der Waals surface area contributed by atoms with Crippen molar-refractivity contribution in [1.82, 2.24) is 5.32 Å². The molecule has 0 amide bonds. The molecular weight excluding hydrogens is 162 g/mol. The Kier molecular flexibility index (Phi) is 3.82. The molecule has 3 nitrogen and oxygen atoms in total. The molecule has 3 heteroatoms. The summed E-state index contributed by atoms with van der Waals surface area (Å²) in [4.78, 5) is 4.17. The zero-order valence-corrected chi connectivity index (χ0v) is 7.83. The van der Waals surface area contributed by atoms with Gasteiger partial charge in [-0.3, -0.25) is 0 Å². The third-order valence-electron chi connectivity index (χ3n) is 1.63. The number of benzene rings is 1. The van der Waals surface area contributed by atoms with E-state index < -0.39 is 0 Å². The van der Waals surface area contributed by atoms with E-state index in [1.807, 2.05) is 37.3 Å². The van der Waals surface area contributed by atoms with Crippen LogP contribution in [0.5, 0.6) is 0 Å². The zero-order chi connectivity index (χ0) is 9.52. The number of hydrogen-bond donors (Lipinski definition) is 2. The van der Waals surface area contributed by atoms with E-state index in [4.69, 9.17) is 5.73 Å². The molecule has 13 heavy (non-hydrogen) atoms. The summed E-state index contributed by atoms with van der Waals surface area (Å²) in [7, 11) is 0. The van der Waals surface area contributed by atoms with E-state index >= 15 is 0 Å². The van der Waals surface area contributed by atoms with Crippen molar-refractivity contribution in [3.8, 4) is 0 Å². The second-order valence-electron chi connectivity index (χ2n) is 2.72. The molecule has 3 N–H and O–H groups in total. The fraction of sp³-hybridized carbons (Fsp3) is 0.300. The summed E-state index contributed by atoms with van der Waals surface area (Å²) in [5, 5.41) is 2.94. The average Bonchev–Trinajstić information content (AvgIpc) is 2.17. The fourth-order valence-corrected chi connectivity index (χ4v) is 0.997. The van der Waals surface area contributed by atoms with Crippen molar-refractivity contribution >= 4 is 5.96 Å². The molecule has 0 atom stereocenters. The summed E-state index contributed by atoms with van der Waals surface area (Å²) in [5.74, 6) is 0.506. The highest BCUT2D eigenvalue weighted by molar-refractivity contribution is 5.77. The van der Waals surface area contributed by atoms with Crippen LogP contribution in [0, 0.1) is 0 Å². The lowest BCUT2D eigenvalue weighted by Crippen LogP contribution is -2.31. The number of nitrogens with one attached hydrogen (secondary N) is 1. The van der Waals surface area contributed by atoms with Gasteiger partial charge in [0.15, 0.2) is 5.96 Å². The highest BCUT2D eigenvalue weighted by atomic mass is 15.1. The highest BCUT2D eigenvalue weighted by Gasteiger charge is 1.89. The topological polar surface area (TPSA) is 50.4 Å². The lowest BCUT2D eigenvalue weighted by Gasteiger charge is -2.01. The number of nitrogens with zero attached hydrogens (tertiary/aromatic N) is 1. The predicted molar refractivity (Wildman–Crippen MR) is 55.4 cm³/mol.